The van der Waals surface area contributed by atoms with E-state index in [-0.39, 0.29) is 11.9 Å². The number of carbonyl (C=O) groups excluding carboxylic acids is 1. The number of ether oxygens (including phenoxy) is 1. The summed E-state index contributed by atoms with van der Waals surface area (Å²) in [7, 11) is 0. The largest absolute Gasteiger partial charge is 0.378 e. The summed E-state index contributed by atoms with van der Waals surface area (Å²) in [6.07, 6.45) is 0.990. The Kier molecular flexibility index (Phi) is 4.65. The van der Waals surface area contributed by atoms with Gasteiger partial charge in [0.05, 0.1) is 25.8 Å². The zero-order valence-electron chi connectivity index (χ0n) is 13.7. The van der Waals surface area contributed by atoms with Crippen LogP contribution >= 0.6 is 11.3 Å². The molecule has 1 amide bonds. The van der Waals surface area contributed by atoms with E-state index in [1.165, 1.54) is 16.0 Å². The Labute approximate surface area is 146 Å². The molecule has 4 rings (SSSR count). The molecular weight excluding hydrogens is 320 g/mol. The second-order valence-electron chi connectivity index (χ2n) is 6.41. The molecule has 0 radical (unpaired) electrons. The maximum atomic E-state index is 12.8. The second kappa shape index (κ2) is 7.05. The van der Waals surface area contributed by atoms with E-state index < -0.39 is 0 Å². The summed E-state index contributed by atoms with van der Waals surface area (Å²) in [6, 6.07) is 12.7. The minimum atomic E-state index is 0.172. The van der Waals surface area contributed by atoms with Gasteiger partial charge in [0, 0.05) is 24.5 Å². The Morgan fingerprint density at radius 3 is 2.96 bits per heavy atom. The lowest BCUT2D eigenvalue weighted by atomic mass is 10.0. The first kappa shape index (κ1) is 15.8. The van der Waals surface area contributed by atoms with E-state index in [9.17, 15) is 4.79 Å². The average Bonchev–Trinajstić information content (AvgIpc) is 3.10. The normalized spacial score (nSPS) is 21.5. The van der Waals surface area contributed by atoms with Crippen molar-refractivity contribution in [1.82, 2.24) is 9.80 Å². The zero-order valence-corrected chi connectivity index (χ0v) is 14.5. The lowest BCUT2D eigenvalue weighted by Crippen LogP contribution is -2.47. The summed E-state index contributed by atoms with van der Waals surface area (Å²) < 4.78 is 5.66. The number of amides is 1. The van der Waals surface area contributed by atoms with E-state index in [1.54, 1.807) is 0 Å². The number of thiophene rings is 1. The molecule has 4 nitrogen and oxygen atoms in total. The van der Waals surface area contributed by atoms with Crippen LogP contribution in [0.3, 0.4) is 0 Å². The van der Waals surface area contributed by atoms with Crippen LogP contribution in [0.25, 0.3) is 0 Å². The standard InChI is InChI=1S/C19H22N2O2S/c22-19(21-8-6-18-16(12-21)7-11-24-18)13-20-9-10-23-14-17(20)15-4-2-1-3-5-15/h1-5,7,11,17H,6,8-10,12-14H2. The molecule has 1 atom stereocenters. The van der Waals surface area contributed by atoms with Crippen LogP contribution in [0.1, 0.15) is 22.0 Å². The Hall–Kier alpha value is -1.69. The summed E-state index contributed by atoms with van der Waals surface area (Å²) >= 11 is 1.81. The molecule has 0 bridgehead atoms. The number of hydrogen-bond donors (Lipinski definition) is 0. The molecular formula is C19H22N2O2S. The molecule has 5 heteroatoms. The number of rotatable bonds is 3. The highest BCUT2D eigenvalue weighted by Crippen LogP contribution is 2.26. The van der Waals surface area contributed by atoms with Crippen molar-refractivity contribution in [1.29, 1.82) is 0 Å². The molecule has 24 heavy (non-hydrogen) atoms. The fourth-order valence-corrected chi connectivity index (χ4v) is 4.43. The van der Waals surface area contributed by atoms with Crippen molar-refractivity contribution in [2.45, 2.75) is 19.0 Å². The highest BCUT2D eigenvalue weighted by Gasteiger charge is 2.29. The van der Waals surface area contributed by atoms with Crippen LogP contribution < -0.4 is 0 Å². The number of hydrogen-bond acceptors (Lipinski definition) is 4. The molecule has 2 aromatic rings. The second-order valence-corrected chi connectivity index (χ2v) is 7.41. The van der Waals surface area contributed by atoms with Gasteiger partial charge in [0.2, 0.25) is 5.91 Å². The summed E-state index contributed by atoms with van der Waals surface area (Å²) in [5, 5.41) is 2.13. The van der Waals surface area contributed by atoms with Gasteiger partial charge in [-0.2, -0.15) is 0 Å². The van der Waals surface area contributed by atoms with Gasteiger partial charge in [0.25, 0.3) is 0 Å². The van der Waals surface area contributed by atoms with Crippen LogP contribution in [-0.4, -0.2) is 48.6 Å². The molecule has 126 valence electrons. The zero-order chi connectivity index (χ0) is 16.4. The van der Waals surface area contributed by atoms with Crippen molar-refractivity contribution in [3.8, 4) is 0 Å². The first-order valence-electron chi connectivity index (χ1n) is 8.51. The third-order valence-electron chi connectivity index (χ3n) is 4.92. The lowest BCUT2D eigenvalue weighted by Gasteiger charge is -2.37. The molecule has 2 aliphatic rings. The Balaban J connectivity index is 1.44. The lowest BCUT2D eigenvalue weighted by molar-refractivity contribution is -0.135. The molecule has 0 saturated carbocycles. The maximum absolute atomic E-state index is 12.8. The third-order valence-corrected chi connectivity index (χ3v) is 5.95. The summed E-state index contributed by atoms with van der Waals surface area (Å²) in [6.45, 7) is 4.24. The van der Waals surface area contributed by atoms with E-state index in [1.807, 2.05) is 34.4 Å². The van der Waals surface area contributed by atoms with Gasteiger partial charge in [0.15, 0.2) is 0 Å². The van der Waals surface area contributed by atoms with Gasteiger partial charge in [-0.1, -0.05) is 30.3 Å². The summed E-state index contributed by atoms with van der Waals surface area (Å²) in [5.41, 5.74) is 2.55. The molecule has 1 aromatic heterocycles. The molecule has 1 saturated heterocycles. The number of nitrogens with zero attached hydrogens (tertiary/aromatic N) is 2. The SMILES string of the molecule is O=C(CN1CCOCC1c1ccccc1)N1CCc2sccc2C1. The third kappa shape index (κ3) is 3.24. The smallest absolute Gasteiger partial charge is 0.237 e. The topological polar surface area (TPSA) is 32.8 Å². The Morgan fingerprint density at radius 2 is 2.08 bits per heavy atom. The van der Waals surface area contributed by atoms with Gasteiger partial charge >= 0.3 is 0 Å². The summed E-state index contributed by atoms with van der Waals surface area (Å²) in [4.78, 5) is 18.5. The number of fused-ring (bicyclic) bond motifs is 1. The average molecular weight is 342 g/mol. The van der Waals surface area contributed by atoms with Crippen molar-refractivity contribution < 1.29 is 9.53 Å². The van der Waals surface area contributed by atoms with Gasteiger partial charge in [-0.3, -0.25) is 9.69 Å². The molecule has 0 spiro atoms. The van der Waals surface area contributed by atoms with E-state index in [2.05, 4.69) is 28.5 Å². The molecule has 2 aliphatic heterocycles. The minimum absolute atomic E-state index is 0.172. The van der Waals surface area contributed by atoms with Gasteiger partial charge in [0.1, 0.15) is 0 Å². The maximum Gasteiger partial charge on any atom is 0.237 e. The Morgan fingerprint density at radius 1 is 1.21 bits per heavy atom. The van der Waals surface area contributed by atoms with Crippen LogP contribution in [0.4, 0.5) is 0 Å². The van der Waals surface area contributed by atoms with Crippen molar-refractivity contribution >= 4 is 17.2 Å². The number of carbonyl (C=O) groups is 1. The number of morpholine rings is 1. The van der Waals surface area contributed by atoms with Gasteiger partial charge in [-0.05, 0) is 29.0 Å². The molecule has 0 aliphatic carbocycles. The van der Waals surface area contributed by atoms with Crippen LogP contribution in [0, 0.1) is 0 Å². The van der Waals surface area contributed by atoms with Crippen LogP contribution in [0.2, 0.25) is 0 Å². The van der Waals surface area contributed by atoms with Gasteiger partial charge in [-0.25, -0.2) is 0 Å². The van der Waals surface area contributed by atoms with Crippen LogP contribution in [0.15, 0.2) is 41.8 Å². The molecule has 1 unspecified atom stereocenters. The van der Waals surface area contributed by atoms with E-state index >= 15 is 0 Å². The van der Waals surface area contributed by atoms with Gasteiger partial charge in [-0.15, -0.1) is 11.3 Å². The molecule has 3 heterocycles. The van der Waals surface area contributed by atoms with Crippen molar-refractivity contribution in [3.05, 3.63) is 57.8 Å². The molecule has 1 fully saturated rings. The minimum Gasteiger partial charge on any atom is -0.378 e. The van der Waals surface area contributed by atoms with Gasteiger partial charge < -0.3 is 9.64 Å². The highest BCUT2D eigenvalue weighted by atomic mass is 32.1. The first-order chi connectivity index (χ1) is 11.8. The molecule has 0 N–H and O–H groups in total. The van der Waals surface area contributed by atoms with Crippen molar-refractivity contribution in [2.24, 2.45) is 0 Å². The van der Waals surface area contributed by atoms with E-state index in [0.29, 0.717) is 19.8 Å². The molecule has 1 aromatic carbocycles. The van der Waals surface area contributed by atoms with Crippen molar-refractivity contribution in [3.63, 3.8) is 0 Å². The highest BCUT2D eigenvalue weighted by molar-refractivity contribution is 7.10. The number of benzene rings is 1. The first-order valence-corrected chi connectivity index (χ1v) is 9.39. The van der Waals surface area contributed by atoms with Crippen molar-refractivity contribution in [2.75, 3.05) is 32.8 Å². The van der Waals surface area contributed by atoms with Crippen LogP contribution in [0.5, 0.6) is 0 Å². The quantitative estimate of drug-likeness (QED) is 0.860. The summed E-state index contributed by atoms with van der Waals surface area (Å²) in [5.74, 6) is 0.231. The fraction of sp³-hybridized carbons (Fsp3) is 0.421. The predicted molar refractivity (Wildman–Crippen MR) is 95.0 cm³/mol. The van der Waals surface area contributed by atoms with E-state index in [4.69, 9.17) is 4.74 Å². The fourth-order valence-electron chi connectivity index (χ4n) is 3.54. The monoisotopic (exact) mass is 342 g/mol. The Bertz CT molecular complexity index is 700. The van der Waals surface area contributed by atoms with Crippen LogP contribution in [-0.2, 0) is 22.5 Å². The predicted octanol–water partition coefficient (Wildman–Crippen LogP) is 2.71. The van der Waals surface area contributed by atoms with E-state index in [0.717, 1.165) is 26.1 Å².